The van der Waals surface area contributed by atoms with Crippen LogP contribution < -0.4 is 10.0 Å². The van der Waals surface area contributed by atoms with Gasteiger partial charge in [0.15, 0.2) is 0 Å². The second kappa shape index (κ2) is 9.07. The van der Waals surface area contributed by atoms with Crippen molar-refractivity contribution in [3.8, 4) is 5.69 Å². The molecule has 3 heterocycles. The Balaban J connectivity index is 1.79. The number of benzene rings is 1. The molecule has 3 aromatic rings. The molecule has 1 unspecified atom stereocenters. The van der Waals surface area contributed by atoms with E-state index in [4.69, 9.17) is 4.42 Å². The van der Waals surface area contributed by atoms with Gasteiger partial charge in [-0.1, -0.05) is 24.0 Å². The highest BCUT2D eigenvalue weighted by atomic mass is 16.3. The first kappa shape index (κ1) is 22.5. The average Bonchev–Trinajstić information content (AvgIpc) is 3.46. The van der Waals surface area contributed by atoms with Crippen molar-refractivity contribution < 1.29 is 24.0 Å². The number of aromatic nitrogens is 2. The molecule has 1 aromatic carbocycles. The summed E-state index contributed by atoms with van der Waals surface area (Å²) < 4.78 is 7.45. The summed E-state index contributed by atoms with van der Waals surface area (Å²) in [5.41, 5.74) is 1.62. The number of para-hydroxylation sites is 1. The van der Waals surface area contributed by atoms with Gasteiger partial charge in [-0.05, 0) is 38.1 Å². The molecule has 1 N–H and O–H groups in total. The molecule has 0 spiro atoms. The molecule has 8 heteroatoms. The Hall–Kier alpha value is -3.65. The Labute approximate surface area is 192 Å². The number of furan rings is 1. The Morgan fingerprint density at radius 1 is 1.12 bits per heavy atom. The van der Waals surface area contributed by atoms with Crippen LogP contribution in [0.4, 0.5) is 0 Å². The van der Waals surface area contributed by atoms with E-state index >= 15 is 0 Å². The molecule has 1 amide bonds. The van der Waals surface area contributed by atoms with Gasteiger partial charge < -0.3 is 19.3 Å². The maximum absolute atomic E-state index is 13.7. The molecule has 33 heavy (non-hydrogen) atoms. The molecule has 1 saturated heterocycles. The van der Waals surface area contributed by atoms with E-state index < -0.39 is 23.5 Å². The zero-order valence-electron chi connectivity index (χ0n) is 19.3. The molecule has 2 aromatic heterocycles. The number of likely N-dealkylation sites (tertiary alicyclic amines) is 1. The quantitative estimate of drug-likeness (QED) is 0.328. The molecule has 1 aliphatic heterocycles. The van der Waals surface area contributed by atoms with E-state index in [2.05, 4.69) is 5.10 Å². The number of hydrogen-bond donors (Lipinski definition) is 1. The van der Waals surface area contributed by atoms with E-state index in [9.17, 15) is 14.7 Å². The van der Waals surface area contributed by atoms with Crippen LogP contribution in [0.1, 0.15) is 35.2 Å². The van der Waals surface area contributed by atoms with Crippen molar-refractivity contribution in [2.45, 2.75) is 26.3 Å². The predicted octanol–water partition coefficient (Wildman–Crippen LogP) is 0.841. The number of amides is 1. The number of aryl methyl sites for hydroxylation is 1. The van der Waals surface area contributed by atoms with Gasteiger partial charge >= 0.3 is 0 Å². The van der Waals surface area contributed by atoms with E-state index in [0.717, 1.165) is 12.2 Å². The number of ketones is 1. The molecule has 172 valence electrons. The first-order chi connectivity index (χ1) is 15.8. The molecule has 1 fully saturated rings. The SMILES string of the molecule is Cc1ccc(C2/C(=C(\[O-])c3cnn(-c4ccccc4)c3C)C(=O)C(=O)N2CCC[NH+](C)C)o1. The van der Waals surface area contributed by atoms with Crippen molar-refractivity contribution in [2.24, 2.45) is 0 Å². The minimum Gasteiger partial charge on any atom is -0.872 e. The van der Waals surface area contributed by atoms with Crippen LogP contribution in [0.25, 0.3) is 11.4 Å². The first-order valence-electron chi connectivity index (χ1n) is 11.0. The van der Waals surface area contributed by atoms with Crippen LogP contribution in [0.2, 0.25) is 0 Å². The molecule has 4 rings (SSSR count). The lowest BCUT2D eigenvalue weighted by Crippen LogP contribution is -3.05. The fourth-order valence-corrected chi connectivity index (χ4v) is 4.21. The van der Waals surface area contributed by atoms with Gasteiger partial charge in [0.25, 0.3) is 5.91 Å². The summed E-state index contributed by atoms with van der Waals surface area (Å²) in [6, 6.07) is 12.1. The van der Waals surface area contributed by atoms with E-state index in [1.165, 1.54) is 16.0 Å². The van der Waals surface area contributed by atoms with Crippen molar-refractivity contribution in [3.63, 3.8) is 0 Å². The Morgan fingerprint density at radius 2 is 1.85 bits per heavy atom. The van der Waals surface area contributed by atoms with Crippen LogP contribution in [0, 0.1) is 13.8 Å². The predicted molar refractivity (Wildman–Crippen MR) is 120 cm³/mol. The smallest absolute Gasteiger partial charge is 0.295 e. The Bertz CT molecular complexity index is 1210. The van der Waals surface area contributed by atoms with Gasteiger partial charge in [0.1, 0.15) is 17.6 Å². The molecular formula is C25H28N4O4. The zero-order valence-corrected chi connectivity index (χ0v) is 19.3. The summed E-state index contributed by atoms with van der Waals surface area (Å²) in [5.74, 6) is -0.870. The highest BCUT2D eigenvalue weighted by molar-refractivity contribution is 6.46. The van der Waals surface area contributed by atoms with Crippen molar-refractivity contribution in [1.29, 1.82) is 0 Å². The third kappa shape index (κ3) is 4.21. The van der Waals surface area contributed by atoms with Gasteiger partial charge in [-0.15, -0.1) is 0 Å². The standard InChI is InChI=1S/C25H28N4O4/c1-16-11-12-20(33-16)22-21(24(31)25(32)28(22)14-8-13-27(3)4)23(30)19-15-26-29(17(19)2)18-9-6-5-7-10-18/h5-7,9-12,15,22,30H,8,13-14H2,1-4H3/b23-21+. The summed E-state index contributed by atoms with van der Waals surface area (Å²) in [5, 5.41) is 18.0. The van der Waals surface area contributed by atoms with Crippen LogP contribution in [-0.4, -0.2) is 53.6 Å². The number of carbonyl (C=O) groups excluding carboxylic acids is 2. The Morgan fingerprint density at radius 3 is 2.48 bits per heavy atom. The maximum Gasteiger partial charge on any atom is 0.295 e. The molecule has 0 bridgehead atoms. The Kier molecular flexibility index (Phi) is 6.20. The molecule has 8 nitrogen and oxygen atoms in total. The van der Waals surface area contributed by atoms with Gasteiger partial charge in [0.05, 0.1) is 32.5 Å². The lowest BCUT2D eigenvalue weighted by atomic mass is 9.99. The summed E-state index contributed by atoms with van der Waals surface area (Å²) >= 11 is 0. The molecule has 0 saturated carbocycles. The van der Waals surface area contributed by atoms with Crippen LogP contribution in [-0.2, 0) is 9.59 Å². The summed E-state index contributed by atoms with van der Waals surface area (Å²) in [7, 11) is 4.05. The number of hydrogen-bond acceptors (Lipinski definition) is 5. The van der Waals surface area contributed by atoms with Gasteiger partial charge in [-0.2, -0.15) is 5.10 Å². The summed E-state index contributed by atoms with van der Waals surface area (Å²) in [6.45, 7) is 4.75. The van der Waals surface area contributed by atoms with E-state index in [1.807, 2.05) is 44.4 Å². The normalized spacial score (nSPS) is 18.0. The fraction of sp³-hybridized carbons (Fsp3) is 0.320. The van der Waals surface area contributed by atoms with Crippen LogP contribution >= 0.6 is 0 Å². The minimum absolute atomic E-state index is 0.0812. The highest BCUT2D eigenvalue weighted by Gasteiger charge is 2.45. The van der Waals surface area contributed by atoms with Crippen LogP contribution in [0.15, 0.2) is 58.7 Å². The largest absolute Gasteiger partial charge is 0.872 e. The van der Waals surface area contributed by atoms with Crippen LogP contribution in [0.3, 0.4) is 0 Å². The summed E-state index contributed by atoms with van der Waals surface area (Å²) in [4.78, 5) is 28.8. The van der Waals surface area contributed by atoms with E-state index in [1.54, 1.807) is 30.7 Å². The van der Waals surface area contributed by atoms with Crippen molar-refractivity contribution in [1.82, 2.24) is 14.7 Å². The van der Waals surface area contributed by atoms with Gasteiger partial charge in [-0.3, -0.25) is 9.59 Å². The molecule has 1 atom stereocenters. The first-order valence-corrected chi connectivity index (χ1v) is 11.0. The van der Waals surface area contributed by atoms with Crippen molar-refractivity contribution in [2.75, 3.05) is 27.2 Å². The third-order valence-corrected chi connectivity index (χ3v) is 5.89. The lowest BCUT2D eigenvalue weighted by Gasteiger charge is -2.25. The van der Waals surface area contributed by atoms with E-state index in [0.29, 0.717) is 35.7 Å². The minimum atomic E-state index is -0.845. The van der Waals surface area contributed by atoms with Crippen LogP contribution in [0.5, 0.6) is 0 Å². The molecule has 1 aliphatic rings. The van der Waals surface area contributed by atoms with Gasteiger partial charge in [0.2, 0.25) is 5.78 Å². The highest BCUT2D eigenvalue weighted by Crippen LogP contribution is 2.39. The maximum atomic E-state index is 13.7. The van der Waals surface area contributed by atoms with Gasteiger partial charge in [0, 0.05) is 29.8 Å². The number of quaternary nitrogens is 1. The number of nitrogens with one attached hydrogen (secondary N) is 1. The van der Waals surface area contributed by atoms with Gasteiger partial charge in [-0.25, -0.2) is 4.68 Å². The van der Waals surface area contributed by atoms with E-state index in [-0.39, 0.29) is 5.57 Å². The van der Waals surface area contributed by atoms with Crippen molar-refractivity contribution >= 4 is 17.4 Å². The molecule has 0 aliphatic carbocycles. The average molecular weight is 449 g/mol. The third-order valence-electron chi connectivity index (χ3n) is 5.89. The fourth-order valence-electron chi connectivity index (χ4n) is 4.21. The number of Topliss-reactive ketones (excluding diaryl/α,β-unsaturated/α-hetero) is 1. The second-order valence-electron chi connectivity index (χ2n) is 8.62. The molecular weight excluding hydrogens is 420 g/mol. The number of rotatable bonds is 7. The molecule has 0 radical (unpaired) electrons. The topological polar surface area (TPSA) is 95.8 Å². The second-order valence-corrected chi connectivity index (χ2v) is 8.62. The lowest BCUT2D eigenvalue weighted by molar-refractivity contribution is -0.858. The van der Waals surface area contributed by atoms with Crippen molar-refractivity contribution in [3.05, 3.63) is 77.0 Å². The zero-order chi connectivity index (χ0) is 23.7. The number of carbonyl (C=O) groups is 2. The summed E-state index contributed by atoms with van der Waals surface area (Å²) in [6.07, 6.45) is 2.15. The monoisotopic (exact) mass is 448 g/mol. The number of nitrogens with zero attached hydrogens (tertiary/aromatic N) is 3.